The molecule has 0 radical (unpaired) electrons. The Morgan fingerprint density at radius 1 is 1.13 bits per heavy atom. The molecule has 0 aliphatic carbocycles. The lowest BCUT2D eigenvalue weighted by Gasteiger charge is -2.33. The van der Waals surface area contributed by atoms with Crippen molar-refractivity contribution in [1.82, 2.24) is 8.61 Å². The van der Waals surface area contributed by atoms with Crippen LogP contribution in [0.2, 0.25) is 0 Å². The molecule has 3 heterocycles. The molecule has 23 heavy (non-hydrogen) atoms. The van der Waals surface area contributed by atoms with Crippen molar-refractivity contribution in [2.45, 2.75) is 38.4 Å². The van der Waals surface area contributed by atoms with Crippen LogP contribution >= 0.6 is 0 Å². The molecule has 0 N–H and O–H groups in total. The van der Waals surface area contributed by atoms with Crippen LogP contribution < -0.4 is 0 Å². The van der Waals surface area contributed by atoms with Crippen molar-refractivity contribution in [1.29, 1.82) is 0 Å². The Labute approximate surface area is 138 Å². The first-order valence-corrected chi connectivity index (χ1v) is 9.89. The van der Waals surface area contributed by atoms with Crippen molar-refractivity contribution < 1.29 is 13.2 Å². The van der Waals surface area contributed by atoms with Crippen LogP contribution in [-0.4, -0.2) is 43.2 Å². The second-order valence-corrected chi connectivity index (χ2v) is 9.04. The average molecular weight is 336 g/mol. The molecular formula is C17H24N2O3S. The Kier molecular flexibility index (Phi) is 3.76. The molecule has 1 atom stereocenters. The molecular weight excluding hydrogens is 312 g/mol. The average Bonchev–Trinajstić information content (AvgIpc) is 3.15. The van der Waals surface area contributed by atoms with Gasteiger partial charge in [-0.2, -0.15) is 17.0 Å². The number of nitrogens with zero attached hydrogens (tertiary/aromatic N) is 2. The summed E-state index contributed by atoms with van der Waals surface area (Å²) in [5.74, 6) is 0.622. The van der Waals surface area contributed by atoms with Gasteiger partial charge >= 0.3 is 0 Å². The fraction of sp³-hybridized carbons (Fsp3) is 0.647. The zero-order valence-electron chi connectivity index (χ0n) is 13.6. The summed E-state index contributed by atoms with van der Waals surface area (Å²) in [6.45, 7) is 5.05. The third-order valence-corrected chi connectivity index (χ3v) is 7.59. The van der Waals surface area contributed by atoms with Crippen LogP contribution in [0, 0.1) is 5.92 Å². The van der Waals surface area contributed by atoms with Crippen LogP contribution in [0.5, 0.6) is 0 Å². The minimum atomic E-state index is -3.36. The first-order chi connectivity index (χ1) is 11.0. The van der Waals surface area contributed by atoms with Crippen molar-refractivity contribution in [3.8, 4) is 0 Å². The molecule has 0 aromatic heterocycles. The molecule has 4 rings (SSSR count). The normalized spacial score (nSPS) is 30.1. The van der Waals surface area contributed by atoms with Crippen molar-refractivity contribution in [2.75, 3.05) is 26.2 Å². The van der Waals surface area contributed by atoms with E-state index < -0.39 is 15.8 Å². The largest absolute Gasteiger partial charge is 0.364 e. The van der Waals surface area contributed by atoms with Gasteiger partial charge < -0.3 is 4.74 Å². The second-order valence-electron chi connectivity index (χ2n) is 7.11. The number of hydrogen-bond acceptors (Lipinski definition) is 3. The smallest absolute Gasteiger partial charge is 0.282 e. The number of benzene rings is 1. The highest BCUT2D eigenvalue weighted by Gasteiger charge is 2.49. The SMILES string of the molecule is CC1CCN(S(=O)(=O)N2CCC3(C2)OCc2ccccc23)CC1. The molecule has 2 fully saturated rings. The monoisotopic (exact) mass is 336 g/mol. The fourth-order valence-corrected chi connectivity index (χ4v) is 5.74. The summed E-state index contributed by atoms with van der Waals surface area (Å²) < 4.78 is 35.3. The lowest BCUT2D eigenvalue weighted by atomic mass is 9.92. The molecule has 0 bridgehead atoms. The minimum absolute atomic E-state index is 0.438. The van der Waals surface area contributed by atoms with E-state index in [9.17, 15) is 8.42 Å². The second kappa shape index (κ2) is 5.55. The summed E-state index contributed by atoms with van der Waals surface area (Å²) in [5.41, 5.74) is 1.93. The lowest BCUT2D eigenvalue weighted by Crippen LogP contribution is -2.47. The molecule has 3 aliphatic heterocycles. The summed E-state index contributed by atoms with van der Waals surface area (Å²) >= 11 is 0. The molecule has 3 aliphatic rings. The number of piperidine rings is 1. The summed E-state index contributed by atoms with van der Waals surface area (Å²) in [5, 5.41) is 0. The lowest BCUT2D eigenvalue weighted by molar-refractivity contribution is -0.0257. The molecule has 1 aromatic rings. The highest BCUT2D eigenvalue weighted by Crippen LogP contribution is 2.44. The third kappa shape index (κ3) is 2.52. The van der Waals surface area contributed by atoms with Crippen LogP contribution in [0.15, 0.2) is 24.3 Å². The van der Waals surface area contributed by atoms with Crippen LogP contribution in [0.3, 0.4) is 0 Å². The third-order valence-electron chi connectivity index (χ3n) is 5.60. The maximum absolute atomic E-state index is 12.9. The molecule has 5 nitrogen and oxygen atoms in total. The maximum Gasteiger partial charge on any atom is 0.282 e. The predicted octanol–water partition coefficient (Wildman–Crippen LogP) is 2.09. The van der Waals surface area contributed by atoms with E-state index >= 15 is 0 Å². The molecule has 6 heteroatoms. The number of rotatable bonds is 2. The first kappa shape index (κ1) is 15.6. The molecule has 1 aromatic carbocycles. The van der Waals surface area contributed by atoms with Gasteiger partial charge in [0.25, 0.3) is 10.2 Å². The highest BCUT2D eigenvalue weighted by atomic mass is 32.2. The molecule has 2 saturated heterocycles. The zero-order valence-corrected chi connectivity index (χ0v) is 14.4. The fourth-order valence-electron chi connectivity index (χ4n) is 4.05. The van der Waals surface area contributed by atoms with Crippen LogP contribution in [0.4, 0.5) is 0 Å². The van der Waals surface area contributed by atoms with Gasteiger partial charge in [0.2, 0.25) is 0 Å². The summed E-state index contributed by atoms with van der Waals surface area (Å²) in [7, 11) is -3.36. The van der Waals surface area contributed by atoms with E-state index in [-0.39, 0.29) is 0 Å². The van der Waals surface area contributed by atoms with Crippen molar-refractivity contribution in [3.05, 3.63) is 35.4 Å². The Hall–Kier alpha value is -0.950. The minimum Gasteiger partial charge on any atom is -0.364 e. The zero-order chi connectivity index (χ0) is 16.1. The van der Waals surface area contributed by atoms with Crippen LogP contribution in [-0.2, 0) is 27.2 Å². The van der Waals surface area contributed by atoms with Crippen molar-refractivity contribution >= 4 is 10.2 Å². The van der Waals surface area contributed by atoms with Crippen molar-refractivity contribution in [2.24, 2.45) is 5.92 Å². The first-order valence-electron chi connectivity index (χ1n) is 8.49. The van der Waals surface area contributed by atoms with Crippen LogP contribution in [0.1, 0.15) is 37.3 Å². The predicted molar refractivity (Wildman–Crippen MR) is 88.0 cm³/mol. The van der Waals surface area contributed by atoms with E-state index in [1.54, 1.807) is 8.61 Å². The standard InChI is InChI=1S/C17H24N2O3S/c1-14-6-9-18(10-7-14)23(20,21)19-11-8-17(13-19)16-5-3-2-4-15(16)12-22-17/h2-5,14H,6-13H2,1H3. The number of fused-ring (bicyclic) bond motifs is 2. The Bertz CT molecular complexity index is 698. The molecule has 0 amide bonds. The Balaban J connectivity index is 1.55. The molecule has 1 unspecified atom stereocenters. The van der Waals surface area contributed by atoms with Gasteiger partial charge in [-0.3, -0.25) is 0 Å². The van der Waals surface area contributed by atoms with E-state index in [1.165, 1.54) is 11.1 Å². The summed E-state index contributed by atoms with van der Waals surface area (Å²) in [6.07, 6.45) is 2.66. The van der Waals surface area contributed by atoms with Gasteiger partial charge in [-0.15, -0.1) is 0 Å². The van der Waals surface area contributed by atoms with E-state index in [4.69, 9.17) is 4.74 Å². The van der Waals surface area contributed by atoms with Gasteiger partial charge in [0.15, 0.2) is 0 Å². The topological polar surface area (TPSA) is 49.9 Å². The Morgan fingerprint density at radius 3 is 2.65 bits per heavy atom. The summed E-state index contributed by atoms with van der Waals surface area (Å²) in [6, 6.07) is 8.19. The van der Waals surface area contributed by atoms with Gasteiger partial charge in [-0.25, -0.2) is 0 Å². The maximum atomic E-state index is 12.9. The number of hydrogen-bond donors (Lipinski definition) is 0. The van der Waals surface area contributed by atoms with E-state index in [2.05, 4.69) is 19.1 Å². The van der Waals surface area contributed by atoms with Crippen molar-refractivity contribution in [3.63, 3.8) is 0 Å². The quantitative estimate of drug-likeness (QED) is 0.831. The van der Waals surface area contributed by atoms with Gasteiger partial charge in [-0.05, 0) is 36.3 Å². The highest BCUT2D eigenvalue weighted by molar-refractivity contribution is 7.86. The van der Waals surface area contributed by atoms with E-state index in [0.29, 0.717) is 38.7 Å². The van der Waals surface area contributed by atoms with Gasteiger partial charge in [0.05, 0.1) is 6.61 Å². The Morgan fingerprint density at radius 2 is 1.87 bits per heavy atom. The molecule has 0 saturated carbocycles. The molecule has 1 spiro atoms. The van der Waals surface area contributed by atoms with E-state index in [0.717, 1.165) is 19.3 Å². The van der Waals surface area contributed by atoms with Gasteiger partial charge in [0, 0.05) is 26.2 Å². The van der Waals surface area contributed by atoms with E-state index in [1.807, 2.05) is 12.1 Å². The van der Waals surface area contributed by atoms with Crippen LogP contribution in [0.25, 0.3) is 0 Å². The summed E-state index contributed by atoms with van der Waals surface area (Å²) in [4.78, 5) is 0. The van der Waals surface area contributed by atoms with Gasteiger partial charge in [-0.1, -0.05) is 31.2 Å². The molecule has 126 valence electrons. The number of ether oxygens (including phenoxy) is 1. The van der Waals surface area contributed by atoms with Gasteiger partial charge in [0.1, 0.15) is 5.60 Å².